The molecular formula is C15H29NO2. The first-order valence-electron chi connectivity index (χ1n) is 7.43. The summed E-state index contributed by atoms with van der Waals surface area (Å²) in [5.74, 6) is 0. The Morgan fingerprint density at radius 2 is 2.00 bits per heavy atom. The van der Waals surface area contributed by atoms with E-state index in [0.717, 1.165) is 25.8 Å². The standard InChI is InChI=1S/C15H29NO2/c1-5-6-7-8-10-13-11-9-12-16(13)14(17)18-15(2,3)4/h13H,5-12H2,1-4H3/t13-/m0/s1. The molecule has 0 aromatic rings. The number of hydrogen-bond acceptors (Lipinski definition) is 2. The number of carbonyl (C=O) groups is 1. The molecule has 3 nitrogen and oxygen atoms in total. The van der Waals surface area contributed by atoms with Gasteiger partial charge in [-0.1, -0.05) is 32.6 Å². The third-order valence-electron chi connectivity index (χ3n) is 3.40. The van der Waals surface area contributed by atoms with Gasteiger partial charge in [0.2, 0.25) is 0 Å². The van der Waals surface area contributed by atoms with Crippen molar-refractivity contribution in [3.05, 3.63) is 0 Å². The lowest BCUT2D eigenvalue weighted by Gasteiger charge is -2.28. The number of carbonyl (C=O) groups excluding carboxylic acids is 1. The monoisotopic (exact) mass is 255 g/mol. The molecule has 1 aliphatic heterocycles. The number of nitrogens with zero attached hydrogens (tertiary/aromatic N) is 1. The second kappa shape index (κ2) is 7.01. The summed E-state index contributed by atoms with van der Waals surface area (Å²) >= 11 is 0. The summed E-state index contributed by atoms with van der Waals surface area (Å²) in [4.78, 5) is 14.0. The predicted octanol–water partition coefficient (Wildman–Crippen LogP) is 4.36. The number of likely N-dealkylation sites (tertiary alicyclic amines) is 1. The van der Waals surface area contributed by atoms with Gasteiger partial charge in [-0.15, -0.1) is 0 Å². The molecule has 0 aliphatic carbocycles. The molecule has 1 heterocycles. The quantitative estimate of drug-likeness (QED) is 0.683. The average Bonchev–Trinajstić information content (AvgIpc) is 2.70. The number of ether oxygens (including phenoxy) is 1. The van der Waals surface area contributed by atoms with Crippen molar-refractivity contribution in [3.8, 4) is 0 Å². The van der Waals surface area contributed by atoms with E-state index in [4.69, 9.17) is 4.74 Å². The molecule has 0 radical (unpaired) electrons. The van der Waals surface area contributed by atoms with Crippen LogP contribution in [0.1, 0.15) is 72.6 Å². The highest BCUT2D eigenvalue weighted by molar-refractivity contribution is 5.68. The van der Waals surface area contributed by atoms with Gasteiger partial charge in [0.15, 0.2) is 0 Å². The molecule has 1 rings (SSSR count). The Morgan fingerprint density at radius 3 is 2.61 bits per heavy atom. The van der Waals surface area contributed by atoms with E-state index >= 15 is 0 Å². The molecule has 0 N–H and O–H groups in total. The number of amides is 1. The van der Waals surface area contributed by atoms with Gasteiger partial charge in [-0.3, -0.25) is 0 Å². The van der Waals surface area contributed by atoms with Crippen LogP contribution < -0.4 is 0 Å². The van der Waals surface area contributed by atoms with Gasteiger partial charge in [-0.05, 0) is 40.0 Å². The minimum absolute atomic E-state index is 0.125. The molecule has 3 heteroatoms. The first kappa shape index (κ1) is 15.3. The van der Waals surface area contributed by atoms with Crippen LogP contribution in [0.3, 0.4) is 0 Å². The van der Waals surface area contributed by atoms with Gasteiger partial charge in [0, 0.05) is 12.6 Å². The van der Waals surface area contributed by atoms with Crippen LogP contribution in [0.4, 0.5) is 4.79 Å². The molecule has 1 saturated heterocycles. The van der Waals surface area contributed by atoms with Gasteiger partial charge >= 0.3 is 6.09 Å². The summed E-state index contributed by atoms with van der Waals surface area (Å²) in [7, 11) is 0. The summed E-state index contributed by atoms with van der Waals surface area (Å²) in [6.45, 7) is 8.88. The van der Waals surface area contributed by atoms with E-state index in [-0.39, 0.29) is 11.7 Å². The first-order valence-corrected chi connectivity index (χ1v) is 7.43. The SMILES string of the molecule is CCCCCC[C@H]1CCCN1C(=O)OC(C)(C)C. The minimum Gasteiger partial charge on any atom is -0.444 e. The Kier molecular flexibility index (Phi) is 5.97. The highest BCUT2D eigenvalue weighted by Crippen LogP contribution is 2.24. The molecule has 0 saturated carbocycles. The largest absolute Gasteiger partial charge is 0.444 e. The molecule has 1 atom stereocenters. The smallest absolute Gasteiger partial charge is 0.410 e. The molecule has 0 unspecified atom stereocenters. The van der Waals surface area contributed by atoms with Crippen molar-refractivity contribution in [2.45, 2.75) is 84.3 Å². The first-order chi connectivity index (χ1) is 8.44. The summed E-state index contributed by atoms with van der Waals surface area (Å²) in [6, 6.07) is 0.414. The zero-order chi connectivity index (χ0) is 13.6. The topological polar surface area (TPSA) is 29.5 Å². The summed E-state index contributed by atoms with van der Waals surface area (Å²) in [6.07, 6.45) is 8.37. The van der Waals surface area contributed by atoms with Crippen LogP contribution in [0.15, 0.2) is 0 Å². The second-order valence-electron chi connectivity index (χ2n) is 6.32. The third-order valence-corrected chi connectivity index (χ3v) is 3.40. The Morgan fingerprint density at radius 1 is 1.28 bits per heavy atom. The van der Waals surface area contributed by atoms with Crippen molar-refractivity contribution in [2.75, 3.05) is 6.54 Å². The van der Waals surface area contributed by atoms with E-state index in [0.29, 0.717) is 6.04 Å². The van der Waals surface area contributed by atoms with Gasteiger partial charge in [0.05, 0.1) is 0 Å². The van der Waals surface area contributed by atoms with E-state index < -0.39 is 0 Å². The Hall–Kier alpha value is -0.730. The Bertz CT molecular complexity index is 258. The van der Waals surface area contributed by atoms with Gasteiger partial charge in [-0.25, -0.2) is 4.79 Å². The number of hydrogen-bond donors (Lipinski definition) is 0. The fourth-order valence-corrected chi connectivity index (χ4v) is 2.50. The van der Waals surface area contributed by atoms with E-state index in [9.17, 15) is 4.79 Å². The third kappa shape index (κ3) is 5.28. The van der Waals surface area contributed by atoms with Crippen LogP contribution in [0, 0.1) is 0 Å². The zero-order valence-corrected chi connectivity index (χ0v) is 12.5. The lowest BCUT2D eigenvalue weighted by molar-refractivity contribution is 0.0218. The van der Waals surface area contributed by atoms with E-state index in [1.807, 2.05) is 25.7 Å². The molecule has 1 aliphatic rings. The van der Waals surface area contributed by atoms with Crippen molar-refractivity contribution < 1.29 is 9.53 Å². The molecule has 0 bridgehead atoms. The fourth-order valence-electron chi connectivity index (χ4n) is 2.50. The van der Waals surface area contributed by atoms with Crippen LogP contribution >= 0.6 is 0 Å². The normalized spacial score (nSPS) is 20.2. The van der Waals surface area contributed by atoms with E-state index in [1.54, 1.807) is 0 Å². The van der Waals surface area contributed by atoms with Crippen molar-refractivity contribution in [2.24, 2.45) is 0 Å². The van der Waals surface area contributed by atoms with Crippen molar-refractivity contribution in [3.63, 3.8) is 0 Å². The van der Waals surface area contributed by atoms with Crippen LogP contribution in [-0.4, -0.2) is 29.2 Å². The van der Waals surface area contributed by atoms with Gasteiger partial charge in [0.25, 0.3) is 0 Å². The summed E-state index contributed by atoms with van der Waals surface area (Å²) in [5.41, 5.74) is -0.383. The predicted molar refractivity (Wildman–Crippen MR) is 74.7 cm³/mol. The van der Waals surface area contributed by atoms with Crippen LogP contribution in [0.2, 0.25) is 0 Å². The Labute approximate surface area is 112 Å². The highest BCUT2D eigenvalue weighted by Gasteiger charge is 2.31. The maximum atomic E-state index is 12.1. The molecule has 1 amide bonds. The van der Waals surface area contributed by atoms with Crippen LogP contribution in [0.25, 0.3) is 0 Å². The van der Waals surface area contributed by atoms with Crippen molar-refractivity contribution >= 4 is 6.09 Å². The fraction of sp³-hybridized carbons (Fsp3) is 0.933. The van der Waals surface area contributed by atoms with E-state index in [1.165, 1.54) is 25.7 Å². The van der Waals surface area contributed by atoms with Crippen molar-refractivity contribution in [1.29, 1.82) is 0 Å². The van der Waals surface area contributed by atoms with Gasteiger partial charge < -0.3 is 9.64 Å². The minimum atomic E-state index is -0.383. The molecular weight excluding hydrogens is 226 g/mol. The van der Waals surface area contributed by atoms with E-state index in [2.05, 4.69) is 6.92 Å². The maximum Gasteiger partial charge on any atom is 0.410 e. The molecule has 0 spiro atoms. The summed E-state index contributed by atoms with van der Waals surface area (Å²) in [5, 5.41) is 0. The lowest BCUT2D eigenvalue weighted by atomic mass is 10.1. The van der Waals surface area contributed by atoms with Gasteiger partial charge in [-0.2, -0.15) is 0 Å². The maximum absolute atomic E-state index is 12.1. The molecule has 106 valence electrons. The second-order valence-corrected chi connectivity index (χ2v) is 6.32. The Balaban J connectivity index is 2.36. The van der Waals surface area contributed by atoms with Gasteiger partial charge in [0.1, 0.15) is 5.60 Å². The molecule has 1 fully saturated rings. The van der Waals surface area contributed by atoms with Crippen LogP contribution in [-0.2, 0) is 4.74 Å². The molecule has 18 heavy (non-hydrogen) atoms. The molecule has 0 aromatic carbocycles. The number of rotatable bonds is 5. The summed E-state index contributed by atoms with van der Waals surface area (Å²) < 4.78 is 5.47. The molecule has 0 aromatic heterocycles. The highest BCUT2D eigenvalue weighted by atomic mass is 16.6. The average molecular weight is 255 g/mol. The number of unbranched alkanes of at least 4 members (excludes halogenated alkanes) is 3. The van der Waals surface area contributed by atoms with Crippen molar-refractivity contribution in [1.82, 2.24) is 4.90 Å². The zero-order valence-electron chi connectivity index (χ0n) is 12.5. The van der Waals surface area contributed by atoms with Crippen LogP contribution in [0.5, 0.6) is 0 Å². The lowest BCUT2D eigenvalue weighted by Crippen LogP contribution is -2.39.